The molecule has 13 heavy (non-hydrogen) atoms. The molecule has 4 nitrogen and oxygen atoms in total. The second kappa shape index (κ2) is 5.41. The molecule has 1 aromatic rings. The van der Waals surface area contributed by atoms with Crippen LogP contribution < -0.4 is 11.1 Å². The highest BCUT2D eigenvalue weighted by molar-refractivity contribution is 8.01. The first kappa shape index (κ1) is 10.7. The lowest BCUT2D eigenvalue weighted by Gasteiger charge is -2.05. The van der Waals surface area contributed by atoms with Gasteiger partial charge in [-0.05, 0) is 0 Å². The third-order valence-electron chi connectivity index (χ3n) is 1.30. The summed E-state index contributed by atoms with van der Waals surface area (Å²) in [6.45, 7) is 5.25. The minimum Gasteiger partial charge on any atom is -0.374 e. The lowest BCUT2D eigenvalue weighted by atomic mass is 10.4. The Morgan fingerprint density at radius 2 is 2.31 bits per heavy atom. The fourth-order valence-electron chi connectivity index (χ4n) is 0.765. The summed E-state index contributed by atoms with van der Waals surface area (Å²) in [7, 11) is 0. The first-order valence-corrected chi connectivity index (χ1v) is 5.94. The minimum absolute atomic E-state index is 0.541. The van der Waals surface area contributed by atoms with E-state index >= 15 is 0 Å². The van der Waals surface area contributed by atoms with Gasteiger partial charge in [-0.3, -0.25) is 0 Å². The number of anilines is 1. The van der Waals surface area contributed by atoms with Gasteiger partial charge in [-0.1, -0.05) is 36.9 Å². The lowest BCUT2D eigenvalue weighted by Crippen LogP contribution is -2.24. The summed E-state index contributed by atoms with van der Waals surface area (Å²) < 4.78 is 0.947. The van der Waals surface area contributed by atoms with Crippen LogP contribution in [-0.4, -0.2) is 28.5 Å². The molecule has 0 spiro atoms. The molecule has 0 radical (unpaired) electrons. The highest BCUT2D eigenvalue weighted by Gasteiger charge is 2.00. The lowest BCUT2D eigenvalue weighted by molar-refractivity contribution is 0.616. The zero-order chi connectivity index (χ0) is 9.68. The first-order chi connectivity index (χ1) is 6.18. The number of aromatic nitrogens is 2. The van der Waals surface area contributed by atoms with Gasteiger partial charge in [-0.2, -0.15) is 0 Å². The molecule has 3 N–H and O–H groups in total. The average Bonchev–Trinajstić information content (AvgIpc) is 2.45. The molecule has 0 atom stereocenters. The molecule has 6 heteroatoms. The van der Waals surface area contributed by atoms with Crippen molar-refractivity contribution in [3.8, 4) is 0 Å². The summed E-state index contributed by atoms with van der Waals surface area (Å²) in [5, 5.41) is 11.5. The number of hydrogen-bond donors (Lipinski definition) is 2. The molecule has 0 saturated heterocycles. The minimum atomic E-state index is 0.541. The van der Waals surface area contributed by atoms with Crippen molar-refractivity contribution in [1.82, 2.24) is 15.5 Å². The molecule has 1 heterocycles. The van der Waals surface area contributed by atoms with Crippen LogP contribution in [0.4, 0.5) is 5.13 Å². The van der Waals surface area contributed by atoms with Gasteiger partial charge in [-0.15, -0.1) is 10.2 Å². The SMILES string of the molecule is CC(C)NCCSc1nnc(N)s1. The molecular weight excluding hydrogens is 204 g/mol. The Kier molecular flexibility index (Phi) is 4.47. The van der Waals surface area contributed by atoms with Crippen LogP contribution in [0.15, 0.2) is 4.34 Å². The van der Waals surface area contributed by atoms with Crippen molar-refractivity contribution >= 4 is 28.2 Å². The quantitative estimate of drug-likeness (QED) is 0.574. The molecule has 0 amide bonds. The molecule has 0 aliphatic rings. The summed E-state index contributed by atoms with van der Waals surface area (Å²) in [6, 6.07) is 0.542. The monoisotopic (exact) mass is 218 g/mol. The molecule has 0 aliphatic carbocycles. The fraction of sp³-hybridized carbons (Fsp3) is 0.714. The van der Waals surface area contributed by atoms with E-state index < -0.39 is 0 Å². The van der Waals surface area contributed by atoms with E-state index in [2.05, 4.69) is 29.4 Å². The highest BCUT2D eigenvalue weighted by Crippen LogP contribution is 2.22. The van der Waals surface area contributed by atoms with Gasteiger partial charge in [0.2, 0.25) is 5.13 Å². The number of nitrogens with zero attached hydrogens (tertiary/aromatic N) is 2. The van der Waals surface area contributed by atoms with E-state index in [0.29, 0.717) is 11.2 Å². The summed E-state index contributed by atoms with van der Waals surface area (Å²) in [5.41, 5.74) is 5.45. The maximum atomic E-state index is 5.45. The second-order valence-electron chi connectivity index (χ2n) is 2.86. The van der Waals surface area contributed by atoms with Crippen molar-refractivity contribution in [1.29, 1.82) is 0 Å². The largest absolute Gasteiger partial charge is 0.374 e. The van der Waals surface area contributed by atoms with Gasteiger partial charge in [0.05, 0.1) is 0 Å². The molecule has 0 bridgehead atoms. The van der Waals surface area contributed by atoms with E-state index in [1.54, 1.807) is 11.8 Å². The van der Waals surface area contributed by atoms with Gasteiger partial charge in [0.25, 0.3) is 0 Å². The van der Waals surface area contributed by atoms with E-state index in [1.165, 1.54) is 11.3 Å². The average molecular weight is 218 g/mol. The fourth-order valence-corrected chi connectivity index (χ4v) is 2.34. The van der Waals surface area contributed by atoms with Gasteiger partial charge in [0, 0.05) is 18.3 Å². The maximum Gasteiger partial charge on any atom is 0.203 e. The van der Waals surface area contributed by atoms with Crippen LogP contribution in [0.5, 0.6) is 0 Å². The Labute approximate surface area is 86.3 Å². The molecule has 0 saturated carbocycles. The Morgan fingerprint density at radius 3 is 2.85 bits per heavy atom. The zero-order valence-electron chi connectivity index (χ0n) is 7.78. The van der Waals surface area contributed by atoms with Gasteiger partial charge < -0.3 is 11.1 Å². The first-order valence-electron chi connectivity index (χ1n) is 4.13. The van der Waals surface area contributed by atoms with Crippen molar-refractivity contribution in [3.63, 3.8) is 0 Å². The van der Waals surface area contributed by atoms with Crippen molar-refractivity contribution in [2.45, 2.75) is 24.2 Å². The molecule has 1 aromatic heterocycles. The summed E-state index contributed by atoms with van der Waals surface area (Å²) in [4.78, 5) is 0. The maximum absolute atomic E-state index is 5.45. The summed E-state index contributed by atoms with van der Waals surface area (Å²) in [6.07, 6.45) is 0. The predicted molar refractivity (Wildman–Crippen MR) is 58.2 cm³/mol. The van der Waals surface area contributed by atoms with Crippen LogP contribution in [0.2, 0.25) is 0 Å². The van der Waals surface area contributed by atoms with E-state index in [-0.39, 0.29) is 0 Å². The van der Waals surface area contributed by atoms with E-state index in [0.717, 1.165) is 16.6 Å². The number of nitrogens with one attached hydrogen (secondary N) is 1. The second-order valence-corrected chi connectivity index (χ2v) is 5.21. The Hall–Kier alpha value is -0.330. The van der Waals surface area contributed by atoms with Gasteiger partial charge in [-0.25, -0.2) is 0 Å². The third kappa shape index (κ3) is 4.44. The van der Waals surface area contributed by atoms with Crippen LogP contribution in [0.25, 0.3) is 0 Å². The predicted octanol–water partition coefficient (Wildman–Crippen LogP) is 1.21. The van der Waals surface area contributed by atoms with Crippen molar-refractivity contribution in [2.24, 2.45) is 0 Å². The topological polar surface area (TPSA) is 63.8 Å². The number of nitrogen functional groups attached to an aromatic ring is 1. The Balaban J connectivity index is 2.13. The summed E-state index contributed by atoms with van der Waals surface area (Å²) >= 11 is 3.12. The van der Waals surface area contributed by atoms with Crippen molar-refractivity contribution < 1.29 is 0 Å². The number of thioether (sulfide) groups is 1. The van der Waals surface area contributed by atoms with E-state index in [1.807, 2.05) is 0 Å². The van der Waals surface area contributed by atoms with Crippen LogP contribution in [0.3, 0.4) is 0 Å². The normalized spacial score (nSPS) is 11.0. The highest BCUT2D eigenvalue weighted by atomic mass is 32.2. The molecule has 1 rings (SSSR count). The third-order valence-corrected chi connectivity index (χ3v) is 3.19. The van der Waals surface area contributed by atoms with Crippen molar-refractivity contribution in [2.75, 3.05) is 18.0 Å². The standard InChI is InChI=1S/C7H14N4S2/c1-5(2)9-3-4-12-7-11-10-6(8)13-7/h5,9H,3-4H2,1-2H3,(H2,8,10). The Bertz CT molecular complexity index is 248. The molecule has 0 fully saturated rings. The van der Waals surface area contributed by atoms with Crippen LogP contribution in [0.1, 0.15) is 13.8 Å². The molecule has 0 unspecified atom stereocenters. The number of hydrogen-bond acceptors (Lipinski definition) is 6. The molecular formula is C7H14N4S2. The Morgan fingerprint density at radius 1 is 1.54 bits per heavy atom. The van der Waals surface area contributed by atoms with Crippen LogP contribution >= 0.6 is 23.1 Å². The van der Waals surface area contributed by atoms with E-state index in [9.17, 15) is 0 Å². The zero-order valence-corrected chi connectivity index (χ0v) is 9.41. The number of nitrogens with two attached hydrogens (primary N) is 1. The number of rotatable bonds is 5. The smallest absolute Gasteiger partial charge is 0.203 e. The molecule has 0 aliphatic heterocycles. The van der Waals surface area contributed by atoms with Crippen molar-refractivity contribution in [3.05, 3.63) is 0 Å². The van der Waals surface area contributed by atoms with Crippen LogP contribution in [0, 0.1) is 0 Å². The van der Waals surface area contributed by atoms with Gasteiger partial charge in [0.15, 0.2) is 4.34 Å². The van der Waals surface area contributed by atoms with Gasteiger partial charge in [0.1, 0.15) is 0 Å². The van der Waals surface area contributed by atoms with Crippen LogP contribution in [-0.2, 0) is 0 Å². The van der Waals surface area contributed by atoms with Gasteiger partial charge >= 0.3 is 0 Å². The molecule has 0 aromatic carbocycles. The van der Waals surface area contributed by atoms with E-state index in [4.69, 9.17) is 5.73 Å². The molecule has 74 valence electrons. The summed E-state index contributed by atoms with van der Waals surface area (Å²) in [5.74, 6) is 1.01.